The second-order valence-electron chi connectivity index (χ2n) is 5.75. The molecule has 132 valence electrons. The van der Waals surface area contributed by atoms with Crippen molar-refractivity contribution in [1.29, 1.82) is 0 Å². The maximum Gasteiger partial charge on any atom is 0.251 e. The zero-order valence-corrected chi connectivity index (χ0v) is 14.4. The molecule has 1 aliphatic heterocycles. The van der Waals surface area contributed by atoms with Crippen molar-refractivity contribution in [3.63, 3.8) is 0 Å². The number of amides is 2. The molecule has 9 heteroatoms. The number of nitrogens with two attached hydrogens (primary N) is 1. The van der Waals surface area contributed by atoms with Crippen LogP contribution in [0.3, 0.4) is 0 Å². The molecule has 1 aromatic rings. The first-order valence-corrected chi connectivity index (χ1v) is 8.96. The van der Waals surface area contributed by atoms with Crippen molar-refractivity contribution in [3.05, 3.63) is 29.8 Å². The molecule has 2 rings (SSSR count). The van der Waals surface area contributed by atoms with E-state index >= 15 is 0 Å². The van der Waals surface area contributed by atoms with Crippen molar-refractivity contribution in [2.24, 2.45) is 5.73 Å². The lowest BCUT2D eigenvalue weighted by molar-refractivity contribution is -0.117. The Labute approximate surface area is 141 Å². The van der Waals surface area contributed by atoms with Gasteiger partial charge in [0.1, 0.15) is 0 Å². The van der Waals surface area contributed by atoms with Gasteiger partial charge in [-0.25, -0.2) is 8.42 Å². The molecule has 0 radical (unpaired) electrons. The summed E-state index contributed by atoms with van der Waals surface area (Å²) in [7, 11) is -3.65. The molecule has 0 spiro atoms. The highest BCUT2D eigenvalue weighted by molar-refractivity contribution is 7.89. The third kappa shape index (κ3) is 4.31. The van der Waals surface area contributed by atoms with Gasteiger partial charge in [-0.3, -0.25) is 9.59 Å². The molecule has 1 fully saturated rings. The van der Waals surface area contributed by atoms with Crippen molar-refractivity contribution in [1.82, 2.24) is 9.62 Å². The van der Waals surface area contributed by atoms with Gasteiger partial charge in [-0.1, -0.05) is 0 Å². The number of rotatable bonds is 5. The van der Waals surface area contributed by atoms with E-state index in [0.29, 0.717) is 0 Å². The van der Waals surface area contributed by atoms with Gasteiger partial charge >= 0.3 is 0 Å². The van der Waals surface area contributed by atoms with Crippen LogP contribution in [0.5, 0.6) is 0 Å². The Balaban J connectivity index is 2.14. The Morgan fingerprint density at radius 1 is 1.21 bits per heavy atom. The first kappa shape index (κ1) is 18.4. The van der Waals surface area contributed by atoms with Gasteiger partial charge in [-0.2, -0.15) is 4.31 Å². The Morgan fingerprint density at radius 2 is 1.75 bits per heavy atom. The van der Waals surface area contributed by atoms with Crippen LogP contribution in [0.4, 0.5) is 0 Å². The molecule has 2 amide bonds. The molecule has 0 bridgehead atoms. The van der Waals surface area contributed by atoms with Crippen LogP contribution < -0.4 is 11.1 Å². The van der Waals surface area contributed by atoms with Crippen molar-refractivity contribution in [2.75, 3.05) is 19.6 Å². The van der Waals surface area contributed by atoms with Gasteiger partial charge in [0, 0.05) is 18.7 Å². The van der Waals surface area contributed by atoms with Crippen LogP contribution >= 0.6 is 0 Å². The monoisotopic (exact) mass is 355 g/mol. The van der Waals surface area contributed by atoms with E-state index in [-0.39, 0.29) is 42.3 Å². The van der Waals surface area contributed by atoms with Crippen molar-refractivity contribution < 1.29 is 22.7 Å². The summed E-state index contributed by atoms with van der Waals surface area (Å²) >= 11 is 0. The number of carbonyl (C=O) groups is 2. The maximum atomic E-state index is 12.7. The normalized spacial score (nSPS) is 22.1. The summed E-state index contributed by atoms with van der Waals surface area (Å²) in [5.41, 5.74) is 5.21. The minimum atomic E-state index is -3.65. The van der Waals surface area contributed by atoms with Crippen LogP contribution in [0.2, 0.25) is 0 Å². The highest BCUT2D eigenvalue weighted by atomic mass is 32.2. The Morgan fingerprint density at radius 3 is 2.25 bits per heavy atom. The number of primary amides is 1. The molecule has 0 aliphatic carbocycles. The van der Waals surface area contributed by atoms with Crippen molar-refractivity contribution in [3.8, 4) is 0 Å². The highest BCUT2D eigenvalue weighted by Crippen LogP contribution is 2.21. The Bertz CT molecular complexity index is 707. The molecule has 2 atom stereocenters. The summed E-state index contributed by atoms with van der Waals surface area (Å²) in [6.07, 6.45) is -0.357. The number of nitrogens with zero attached hydrogens (tertiary/aromatic N) is 1. The predicted molar refractivity (Wildman–Crippen MR) is 86.7 cm³/mol. The Hall–Kier alpha value is -1.97. The van der Waals surface area contributed by atoms with Crippen molar-refractivity contribution >= 4 is 21.8 Å². The fraction of sp³-hybridized carbons (Fsp3) is 0.467. The molecule has 0 unspecified atom stereocenters. The molecule has 8 nitrogen and oxygen atoms in total. The molecule has 1 aliphatic rings. The number of morpholine rings is 1. The van der Waals surface area contributed by atoms with E-state index in [9.17, 15) is 18.0 Å². The van der Waals surface area contributed by atoms with Gasteiger partial charge in [0.05, 0.1) is 23.6 Å². The number of hydrogen-bond acceptors (Lipinski definition) is 5. The van der Waals surface area contributed by atoms with E-state index in [1.807, 2.05) is 13.8 Å². The number of sulfonamides is 1. The minimum Gasteiger partial charge on any atom is -0.373 e. The van der Waals surface area contributed by atoms with Gasteiger partial charge in [0.15, 0.2) is 0 Å². The second kappa shape index (κ2) is 7.29. The first-order chi connectivity index (χ1) is 11.2. The Kier molecular flexibility index (Phi) is 5.58. The fourth-order valence-electron chi connectivity index (χ4n) is 2.52. The molecule has 24 heavy (non-hydrogen) atoms. The van der Waals surface area contributed by atoms with E-state index in [1.54, 1.807) is 0 Å². The zero-order chi connectivity index (χ0) is 17.9. The van der Waals surface area contributed by atoms with Crippen LogP contribution in [-0.2, 0) is 19.6 Å². The summed E-state index contributed by atoms with van der Waals surface area (Å²) in [6.45, 7) is 3.94. The highest BCUT2D eigenvalue weighted by Gasteiger charge is 2.32. The molecule has 3 N–H and O–H groups in total. The topological polar surface area (TPSA) is 119 Å². The summed E-state index contributed by atoms with van der Waals surface area (Å²) in [5.74, 6) is -1.15. The number of carbonyl (C=O) groups excluding carboxylic acids is 2. The lowest BCUT2D eigenvalue weighted by Gasteiger charge is -2.34. The smallest absolute Gasteiger partial charge is 0.251 e. The van der Waals surface area contributed by atoms with Crippen LogP contribution in [0.1, 0.15) is 24.2 Å². The molecule has 0 aromatic heterocycles. The zero-order valence-electron chi connectivity index (χ0n) is 13.6. The van der Waals surface area contributed by atoms with E-state index in [2.05, 4.69) is 5.32 Å². The van der Waals surface area contributed by atoms with Crippen LogP contribution in [0, 0.1) is 0 Å². The van der Waals surface area contributed by atoms with Gasteiger partial charge in [0.25, 0.3) is 5.91 Å². The molecular formula is C15H21N3O5S. The van der Waals surface area contributed by atoms with Gasteiger partial charge in [-0.05, 0) is 38.1 Å². The number of ether oxygens (including phenoxy) is 1. The van der Waals surface area contributed by atoms with E-state index in [1.165, 1.54) is 28.6 Å². The molecule has 0 saturated carbocycles. The second-order valence-corrected chi connectivity index (χ2v) is 7.69. The average Bonchev–Trinajstić information content (AvgIpc) is 2.51. The lowest BCUT2D eigenvalue weighted by Crippen LogP contribution is -2.48. The maximum absolute atomic E-state index is 12.7. The summed E-state index contributed by atoms with van der Waals surface area (Å²) in [5, 5.41) is 2.34. The van der Waals surface area contributed by atoms with Gasteiger partial charge < -0.3 is 15.8 Å². The fourth-order valence-corrected chi connectivity index (χ4v) is 4.11. The summed E-state index contributed by atoms with van der Waals surface area (Å²) in [6, 6.07) is 5.55. The number of hydrogen-bond donors (Lipinski definition) is 2. The summed E-state index contributed by atoms with van der Waals surface area (Å²) < 4.78 is 32.3. The van der Waals surface area contributed by atoms with Gasteiger partial charge in [0.2, 0.25) is 15.9 Å². The third-order valence-corrected chi connectivity index (χ3v) is 5.41. The first-order valence-electron chi connectivity index (χ1n) is 7.52. The van der Waals surface area contributed by atoms with Crippen LogP contribution in [0.15, 0.2) is 29.2 Å². The molecule has 1 saturated heterocycles. The van der Waals surface area contributed by atoms with E-state index in [4.69, 9.17) is 10.5 Å². The van der Waals surface area contributed by atoms with Crippen LogP contribution in [0.25, 0.3) is 0 Å². The van der Waals surface area contributed by atoms with E-state index in [0.717, 1.165) is 0 Å². The number of nitrogens with one attached hydrogen (secondary N) is 1. The average molecular weight is 355 g/mol. The van der Waals surface area contributed by atoms with Crippen LogP contribution in [-0.4, -0.2) is 56.4 Å². The number of benzene rings is 1. The molecular weight excluding hydrogens is 334 g/mol. The minimum absolute atomic E-state index is 0.107. The standard InChI is InChI=1S/C15H21N3O5S/c1-10-8-18(9-11(2)23-10)24(21,22)13-5-3-12(4-6-13)15(20)17-7-14(16)19/h3-6,10-11H,7-9H2,1-2H3,(H2,16,19)(H,17,20)/t10-,11-/m1/s1. The van der Waals surface area contributed by atoms with Gasteiger partial charge in [-0.15, -0.1) is 0 Å². The largest absolute Gasteiger partial charge is 0.373 e. The SMILES string of the molecule is C[C@@H]1CN(S(=O)(=O)c2ccc(C(=O)NCC(N)=O)cc2)C[C@@H](C)O1. The lowest BCUT2D eigenvalue weighted by atomic mass is 10.2. The third-order valence-electron chi connectivity index (χ3n) is 3.56. The molecule has 1 heterocycles. The quantitative estimate of drug-likeness (QED) is 0.752. The van der Waals surface area contributed by atoms with Crippen molar-refractivity contribution in [2.45, 2.75) is 31.0 Å². The van der Waals surface area contributed by atoms with E-state index < -0.39 is 21.8 Å². The summed E-state index contributed by atoms with van der Waals surface area (Å²) in [4.78, 5) is 22.6. The molecule has 1 aromatic carbocycles. The predicted octanol–water partition coefficient (Wildman–Crippen LogP) is -0.300.